The summed E-state index contributed by atoms with van der Waals surface area (Å²) in [4.78, 5) is 16.4. The largest absolute Gasteiger partial charge is 0.435 e. The first-order valence-electron chi connectivity index (χ1n) is 9.89. The van der Waals surface area contributed by atoms with Gasteiger partial charge in [-0.2, -0.15) is 18.3 Å². The topological polar surface area (TPSA) is 77.6 Å². The van der Waals surface area contributed by atoms with E-state index in [9.17, 15) is 22.4 Å². The first kappa shape index (κ1) is 21.0. The Bertz CT molecular complexity index is 1070. The lowest BCUT2D eigenvalue weighted by Gasteiger charge is -2.07. The molecule has 0 unspecified atom stereocenters. The molecule has 3 aromatic rings. The number of halogens is 4. The monoisotopic (exact) mass is 436 g/mol. The number of nitrogens with zero attached hydrogens (tertiary/aromatic N) is 5. The van der Waals surface area contributed by atoms with Gasteiger partial charge in [-0.15, -0.1) is 5.10 Å². The van der Waals surface area contributed by atoms with E-state index in [4.69, 9.17) is 0 Å². The van der Waals surface area contributed by atoms with Crippen LogP contribution in [0.3, 0.4) is 0 Å². The van der Waals surface area contributed by atoms with E-state index >= 15 is 0 Å². The molecule has 0 saturated carbocycles. The summed E-state index contributed by atoms with van der Waals surface area (Å²) in [6.07, 6.45) is -0.126. The molecule has 164 valence electrons. The number of anilines is 1. The molecule has 0 fully saturated rings. The van der Waals surface area contributed by atoms with Crippen LogP contribution in [-0.2, 0) is 36.9 Å². The van der Waals surface area contributed by atoms with Gasteiger partial charge in [-0.25, -0.2) is 14.1 Å². The molecule has 1 aromatic carbocycles. The van der Waals surface area contributed by atoms with Crippen LogP contribution in [-0.4, -0.2) is 30.5 Å². The van der Waals surface area contributed by atoms with Crippen molar-refractivity contribution in [3.05, 3.63) is 58.9 Å². The zero-order valence-corrected chi connectivity index (χ0v) is 16.5. The Morgan fingerprint density at radius 3 is 2.55 bits per heavy atom. The van der Waals surface area contributed by atoms with E-state index in [0.717, 1.165) is 23.1 Å². The highest BCUT2D eigenvalue weighted by molar-refractivity contribution is 5.88. The number of rotatable bonds is 5. The summed E-state index contributed by atoms with van der Waals surface area (Å²) in [6, 6.07) is 5.88. The summed E-state index contributed by atoms with van der Waals surface area (Å²) in [5.41, 5.74) is 0.552. The van der Waals surface area contributed by atoms with Gasteiger partial charge in [-0.1, -0.05) is 18.6 Å². The van der Waals surface area contributed by atoms with Crippen molar-refractivity contribution >= 4 is 11.9 Å². The van der Waals surface area contributed by atoms with Crippen LogP contribution in [0.2, 0.25) is 0 Å². The summed E-state index contributed by atoms with van der Waals surface area (Å²) in [5.74, 6) is -0.885. The van der Waals surface area contributed by atoms with Crippen molar-refractivity contribution < 1.29 is 22.4 Å². The zero-order valence-electron chi connectivity index (χ0n) is 16.5. The molecular weight excluding hydrogens is 416 g/mol. The minimum Gasteiger partial charge on any atom is -0.292 e. The third kappa shape index (κ3) is 4.92. The second-order valence-electron chi connectivity index (χ2n) is 7.43. The van der Waals surface area contributed by atoms with Gasteiger partial charge in [-0.05, 0) is 43.4 Å². The number of carbonyl (C=O) groups is 1. The van der Waals surface area contributed by atoms with Gasteiger partial charge in [0, 0.05) is 11.3 Å². The normalized spacial score (nSPS) is 14.2. The number of carbonyl (C=O) groups excluding carboxylic acids is 1. The second kappa shape index (κ2) is 8.48. The SMILES string of the molecule is O=C(Cn1nc(C(F)(F)F)c2c1CCCCC2)Nc1ncn(Cc2ccc(F)cc2)n1. The molecule has 11 heteroatoms. The number of aromatic nitrogens is 5. The van der Waals surface area contributed by atoms with E-state index in [0.29, 0.717) is 31.5 Å². The van der Waals surface area contributed by atoms with Crippen molar-refractivity contribution in [2.45, 2.75) is 51.4 Å². The molecular formula is C20H20F4N6O. The first-order chi connectivity index (χ1) is 14.8. The molecule has 1 amide bonds. The van der Waals surface area contributed by atoms with E-state index < -0.39 is 17.8 Å². The van der Waals surface area contributed by atoms with Gasteiger partial charge < -0.3 is 0 Å². The molecule has 1 aliphatic carbocycles. The maximum atomic E-state index is 13.4. The molecule has 7 nitrogen and oxygen atoms in total. The van der Waals surface area contributed by atoms with Crippen molar-refractivity contribution in [2.75, 3.05) is 5.32 Å². The zero-order chi connectivity index (χ0) is 22.0. The van der Waals surface area contributed by atoms with Gasteiger partial charge in [0.15, 0.2) is 5.69 Å². The first-order valence-corrected chi connectivity index (χ1v) is 9.89. The summed E-state index contributed by atoms with van der Waals surface area (Å²) in [5, 5.41) is 10.3. The molecule has 0 spiro atoms. The van der Waals surface area contributed by atoms with Gasteiger partial charge >= 0.3 is 6.18 Å². The third-order valence-corrected chi connectivity index (χ3v) is 5.11. The van der Waals surface area contributed by atoms with Crippen molar-refractivity contribution in [3.8, 4) is 0 Å². The lowest BCUT2D eigenvalue weighted by atomic mass is 10.1. The number of amides is 1. The van der Waals surface area contributed by atoms with E-state index in [2.05, 4.69) is 20.5 Å². The minimum absolute atomic E-state index is 0.0291. The smallest absolute Gasteiger partial charge is 0.292 e. The number of hydrogen-bond acceptors (Lipinski definition) is 4. The number of hydrogen-bond donors (Lipinski definition) is 1. The van der Waals surface area contributed by atoms with Crippen molar-refractivity contribution in [2.24, 2.45) is 0 Å². The van der Waals surface area contributed by atoms with Crippen molar-refractivity contribution in [1.29, 1.82) is 0 Å². The Kier molecular flexibility index (Phi) is 5.75. The maximum Gasteiger partial charge on any atom is 0.435 e. The van der Waals surface area contributed by atoms with E-state index in [-0.39, 0.29) is 23.9 Å². The van der Waals surface area contributed by atoms with Crippen LogP contribution in [0.5, 0.6) is 0 Å². The molecule has 0 bridgehead atoms. The van der Waals surface area contributed by atoms with Gasteiger partial charge in [0.2, 0.25) is 11.9 Å². The molecule has 2 aromatic heterocycles. The van der Waals surface area contributed by atoms with Gasteiger partial charge in [0.25, 0.3) is 0 Å². The molecule has 1 N–H and O–H groups in total. The summed E-state index contributed by atoms with van der Waals surface area (Å²) >= 11 is 0. The predicted molar refractivity (Wildman–Crippen MR) is 103 cm³/mol. The molecule has 0 atom stereocenters. The molecule has 4 rings (SSSR count). The summed E-state index contributed by atoms with van der Waals surface area (Å²) < 4.78 is 55.8. The molecule has 31 heavy (non-hydrogen) atoms. The van der Waals surface area contributed by atoms with E-state index in [1.807, 2.05) is 0 Å². The van der Waals surface area contributed by atoms with E-state index in [1.54, 1.807) is 12.1 Å². The summed E-state index contributed by atoms with van der Waals surface area (Å²) in [6.45, 7) is -0.0321. The second-order valence-corrected chi connectivity index (χ2v) is 7.43. The van der Waals surface area contributed by atoms with Crippen LogP contribution in [0.25, 0.3) is 0 Å². The highest BCUT2D eigenvalue weighted by atomic mass is 19.4. The van der Waals surface area contributed by atoms with E-state index in [1.165, 1.54) is 23.1 Å². The van der Waals surface area contributed by atoms with Crippen LogP contribution < -0.4 is 5.32 Å². The molecule has 0 saturated heterocycles. The molecule has 1 aliphatic rings. The maximum absolute atomic E-state index is 13.4. The average Bonchev–Trinajstić information content (AvgIpc) is 3.19. The highest BCUT2D eigenvalue weighted by Gasteiger charge is 2.39. The lowest BCUT2D eigenvalue weighted by Crippen LogP contribution is -2.22. The molecule has 0 aliphatic heterocycles. The highest BCUT2D eigenvalue weighted by Crippen LogP contribution is 2.35. The Labute approximate surface area is 175 Å². The average molecular weight is 436 g/mol. The van der Waals surface area contributed by atoms with Crippen LogP contribution in [0.15, 0.2) is 30.6 Å². The fourth-order valence-corrected chi connectivity index (χ4v) is 3.71. The van der Waals surface area contributed by atoms with Crippen LogP contribution in [0.4, 0.5) is 23.5 Å². The molecule has 0 radical (unpaired) electrons. The number of nitrogens with one attached hydrogen (secondary N) is 1. The Hall–Kier alpha value is -3.24. The van der Waals surface area contributed by atoms with Crippen LogP contribution >= 0.6 is 0 Å². The van der Waals surface area contributed by atoms with Crippen molar-refractivity contribution in [3.63, 3.8) is 0 Å². The Balaban J connectivity index is 1.45. The van der Waals surface area contributed by atoms with Crippen LogP contribution in [0, 0.1) is 5.82 Å². The number of alkyl halides is 3. The van der Waals surface area contributed by atoms with Crippen LogP contribution in [0.1, 0.15) is 41.8 Å². The standard InChI is InChI=1S/C20H20F4N6O/c21-14-8-6-13(7-9-14)10-29-12-25-19(28-29)26-17(31)11-30-16-5-3-1-2-4-15(16)18(27-30)20(22,23)24/h6-9,12H,1-5,10-11H2,(H,26,28,31). The Morgan fingerprint density at radius 2 is 1.81 bits per heavy atom. The third-order valence-electron chi connectivity index (χ3n) is 5.11. The molecule has 2 heterocycles. The summed E-state index contributed by atoms with van der Waals surface area (Å²) in [7, 11) is 0. The number of benzene rings is 1. The predicted octanol–water partition coefficient (Wildman–Crippen LogP) is 3.59. The number of fused-ring (bicyclic) bond motifs is 1. The Morgan fingerprint density at radius 1 is 1.06 bits per heavy atom. The lowest BCUT2D eigenvalue weighted by molar-refractivity contribution is -0.142. The quantitative estimate of drug-likeness (QED) is 0.490. The van der Waals surface area contributed by atoms with Gasteiger partial charge in [0.1, 0.15) is 18.7 Å². The minimum atomic E-state index is -4.56. The van der Waals surface area contributed by atoms with Gasteiger partial charge in [-0.3, -0.25) is 14.8 Å². The fraction of sp³-hybridized carbons (Fsp3) is 0.400. The van der Waals surface area contributed by atoms with Crippen molar-refractivity contribution in [1.82, 2.24) is 24.5 Å². The van der Waals surface area contributed by atoms with Gasteiger partial charge in [0.05, 0.1) is 6.54 Å². The fourth-order valence-electron chi connectivity index (χ4n) is 3.71.